The summed E-state index contributed by atoms with van der Waals surface area (Å²) in [6.07, 6.45) is 41.3. The van der Waals surface area contributed by atoms with E-state index in [0.29, 0.717) is 6.42 Å². The lowest BCUT2D eigenvalue weighted by molar-refractivity contribution is -0.124. The standard InChI is InChI=1S/C39H73NO4/c1-3-5-7-9-11-13-15-16-17-18-19-20-21-23-24-26-28-30-32-36(42)34-39(44)40-37(35-41)38(43)33-31-29-27-25-22-14-12-10-8-6-4-2/h8,10,22,25,31,33,36-38,41-43H,3-7,9,11-21,23-24,26-30,32,34-35H2,1-2H3,(H,40,44)/b10-8+,25-22+,33-31+. The highest BCUT2D eigenvalue weighted by molar-refractivity contribution is 5.76. The van der Waals surface area contributed by atoms with Gasteiger partial charge in [0.05, 0.1) is 31.3 Å². The lowest BCUT2D eigenvalue weighted by Crippen LogP contribution is -2.45. The van der Waals surface area contributed by atoms with Gasteiger partial charge in [-0.1, -0.05) is 172 Å². The summed E-state index contributed by atoms with van der Waals surface area (Å²) in [4.78, 5) is 12.3. The van der Waals surface area contributed by atoms with E-state index in [4.69, 9.17) is 0 Å². The number of unbranched alkanes of at least 4 members (excludes halogenated alkanes) is 20. The Bertz CT molecular complexity index is 690. The summed E-state index contributed by atoms with van der Waals surface area (Å²) in [5, 5.41) is 33.0. The average Bonchev–Trinajstić information content (AvgIpc) is 3.01. The van der Waals surface area contributed by atoms with Crippen molar-refractivity contribution < 1.29 is 20.1 Å². The second-order valence-corrected chi connectivity index (χ2v) is 12.8. The molecule has 0 aliphatic carbocycles. The van der Waals surface area contributed by atoms with Crippen LogP contribution in [0.4, 0.5) is 0 Å². The van der Waals surface area contributed by atoms with Crippen molar-refractivity contribution in [1.82, 2.24) is 5.32 Å². The number of hydrogen-bond donors (Lipinski definition) is 4. The minimum absolute atomic E-state index is 0.00429. The Morgan fingerprint density at radius 3 is 1.41 bits per heavy atom. The van der Waals surface area contributed by atoms with Gasteiger partial charge in [0.1, 0.15) is 0 Å². The number of amides is 1. The molecular weight excluding hydrogens is 546 g/mol. The third-order valence-corrected chi connectivity index (χ3v) is 8.39. The maximum absolute atomic E-state index is 12.3. The van der Waals surface area contributed by atoms with Gasteiger partial charge in [-0.3, -0.25) is 4.79 Å². The van der Waals surface area contributed by atoms with E-state index in [9.17, 15) is 20.1 Å². The number of aliphatic hydroxyl groups excluding tert-OH is 3. The first-order chi connectivity index (χ1) is 21.5. The maximum atomic E-state index is 12.3. The molecule has 0 aliphatic rings. The van der Waals surface area contributed by atoms with Crippen LogP contribution >= 0.6 is 0 Å². The minimum Gasteiger partial charge on any atom is -0.394 e. The molecule has 1 amide bonds. The van der Waals surface area contributed by atoms with Crippen LogP contribution in [-0.2, 0) is 4.79 Å². The summed E-state index contributed by atoms with van der Waals surface area (Å²) in [7, 11) is 0. The zero-order chi connectivity index (χ0) is 32.4. The first-order valence-electron chi connectivity index (χ1n) is 18.8. The molecule has 5 nitrogen and oxygen atoms in total. The lowest BCUT2D eigenvalue weighted by atomic mass is 10.0. The topological polar surface area (TPSA) is 89.8 Å². The molecule has 0 aromatic heterocycles. The molecule has 0 rings (SSSR count). The van der Waals surface area contributed by atoms with E-state index in [1.165, 1.54) is 109 Å². The molecule has 3 atom stereocenters. The number of aliphatic hydroxyl groups is 3. The van der Waals surface area contributed by atoms with Crippen molar-refractivity contribution in [3.63, 3.8) is 0 Å². The smallest absolute Gasteiger partial charge is 0.222 e. The second-order valence-electron chi connectivity index (χ2n) is 12.8. The van der Waals surface area contributed by atoms with Crippen LogP contribution in [0.2, 0.25) is 0 Å². The van der Waals surface area contributed by atoms with Gasteiger partial charge in [0.25, 0.3) is 0 Å². The van der Waals surface area contributed by atoms with Crippen molar-refractivity contribution in [2.45, 2.75) is 199 Å². The SMILES string of the molecule is CCC/C=C/CC/C=C/CC/C=C/C(O)C(CO)NC(=O)CC(O)CCCCCCCCCCCCCCCCCCCC. The van der Waals surface area contributed by atoms with Crippen molar-refractivity contribution in [2.75, 3.05) is 6.61 Å². The zero-order valence-corrected chi connectivity index (χ0v) is 29.0. The van der Waals surface area contributed by atoms with Gasteiger partial charge in [0, 0.05) is 0 Å². The van der Waals surface area contributed by atoms with Crippen molar-refractivity contribution in [3.8, 4) is 0 Å². The largest absolute Gasteiger partial charge is 0.394 e. The fourth-order valence-corrected chi connectivity index (χ4v) is 5.50. The Morgan fingerprint density at radius 2 is 0.977 bits per heavy atom. The van der Waals surface area contributed by atoms with Gasteiger partial charge in [-0.2, -0.15) is 0 Å². The molecule has 258 valence electrons. The monoisotopic (exact) mass is 620 g/mol. The molecule has 0 radical (unpaired) electrons. The number of carbonyl (C=O) groups excluding carboxylic acids is 1. The third-order valence-electron chi connectivity index (χ3n) is 8.39. The summed E-state index contributed by atoms with van der Waals surface area (Å²) in [5.41, 5.74) is 0. The third kappa shape index (κ3) is 30.6. The highest BCUT2D eigenvalue weighted by atomic mass is 16.3. The Balaban J connectivity index is 3.71. The summed E-state index contributed by atoms with van der Waals surface area (Å²) in [6.45, 7) is 4.11. The van der Waals surface area contributed by atoms with Crippen LogP contribution in [0, 0.1) is 0 Å². The molecule has 0 bridgehead atoms. The van der Waals surface area contributed by atoms with E-state index in [1.54, 1.807) is 6.08 Å². The van der Waals surface area contributed by atoms with Crippen LogP contribution in [0.3, 0.4) is 0 Å². The molecule has 0 aliphatic heterocycles. The number of rotatable bonds is 33. The lowest BCUT2D eigenvalue weighted by Gasteiger charge is -2.21. The molecule has 0 heterocycles. The van der Waals surface area contributed by atoms with Crippen LogP contribution in [0.5, 0.6) is 0 Å². The minimum atomic E-state index is -0.955. The van der Waals surface area contributed by atoms with Gasteiger partial charge in [-0.25, -0.2) is 0 Å². The zero-order valence-electron chi connectivity index (χ0n) is 29.0. The van der Waals surface area contributed by atoms with Gasteiger partial charge in [-0.15, -0.1) is 0 Å². The molecule has 0 saturated carbocycles. The van der Waals surface area contributed by atoms with Gasteiger partial charge in [0.15, 0.2) is 0 Å². The summed E-state index contributed by atoms with van der Waals surface area (Å²) < 4.78 is 0. The molecular formula is C39H73NO4. The van der Waals surface area contributed by atoms with Crippen LogP contribution < -0.4 is 5.32 Å². The molecule has 44 heavy (non-hydrogen) atoms. The number of allylic oxidation sites excluding steroid dienone is 5. The van der Waals surface area contributed by atoms with Crippen LogP contribution in [0.25, 0.3) is 0 Å². The summed E-state index contributed by atoms with van der Waals surface area (Å²) in [5.74, 6) is -0.331. The Kier molecular flexibility index (Phi) is 33.3. The van der Waals surface area contributed by atoms with Crippen molar-refractivity contribution in [2.24, 2.45) is 0 Å². The first kappa shape index (κ1) is 42.6. The Labute approximate surface area is 273 Å². The first-order valence-corrected chi connectivity index (χ1v) is 18.8. The number of nitrogens with one attached hydrogen (secondary N) is 1. The average molecular weight is 620 g/mol. The van der Waals surface area contributed by atoms with Crippen molar-refractivity contribution >= 4 is 5.91 Å². The molecule has 0 aromatic rings. The normalized spacial score (nSPS) is 14.2. The molecule has 0 fully saturated rings. The van der Waals surface area contributed by atoms with Crippen molar-refractivity contribution in [3.05, 3.63) is 36.5 Å². The van der Waals surface area contributed by atoms with Crippen LogP contribution in [0.15, 0.2) is 36.5 Å². The maximum Gasteiger partial charge on any atom is 0.222 e. The van der Waals surface area contributed by atoms with E-state index in [2.05, 4.69) is 43.5 Å². The van der Waals surface area contributed by atoms with Crippen LogP contribution in [-0.4, -0.2) is 46.1 Å². The summed E-state index contributed by atoms with van der Waals surface area (Å²) >= 11 is 0. The highest BCUT2D eigenvalue weighted by Crippen LogP contribution is 2.15. The number of carbonyl (C=O) groups is 1. The van der Waals surface area contributed by atoms with E-state index in [-0.39, 0.29) is 18.9 Å². The van der Waals surface area contributed by atoms with E-state index in [0.717, 1.165) is 44.9 Å². The molecule has 3 unspecified atom stereocenters. The molecule has 4 N–H and O–H groups in total. The van der Waals surface area contributed by atoms with Crippen molar-refractivity contribution in [1.29, 1.82) is 0 Å². The van der Waals surface area contributed by atoms with Crippen LogP contribution in [0.1, 0.15) is 181 Å². The van der Waals surface area contributed by atoms with E-state index >= 15 is 0 Å². The molecule has 5 heteroatoms. The molecule has 0 aromatic carbocycles. The highest BCUT2D eigenvalue weighted by Gasteiger charge is 2.20. The van der Waals surface area contributed by atoms with E-state index < -0.39 is 18.2 Å². The molecule has 0 saturated heterocycles. The van der Waals surface area contributed by atoms with Gasteiger partial charge in [0.2, 0.25) is 5.91 Å². The van der Waals surface area contributed by atoms with Gasteiger partial charge < -0.3 is 20.6 Å². The second kappa shape index (κ2) is 34.4. The Morgan fingerprint density at radius 1 is 0.568 bits per heavy atom. The molecule has 0 spiro atoms. The van der Waals surface area contributed by atoms with Gasteiger partial charge >= 0.3 is 0 Å². The Hall–Kier alpha value is -1.43. The fourth-order valence-electron chi connectivity index (χ4n) is 5.50. The quantitative estimate of drug-likeness (QED) is 0.0435. The predicted molar refractivity (Wildman–Crippen MR) is 190 cm³/mol. The summed E-state index contributed by atoms with van der Waals surface area (Å²) in [6, 6.07) is -0.762. The van der Waals surface area contributed by atoms with Gasteiger partial charge in [-0.05, 0) is 38.5 Å². The predicted octanol–water partition coefficient (Wildman–Crippen LogP) is 10.0. The van der Waals surface area contributed by atoms with E-state index in [1.807, 2.05) is 6.08 Å². The fraction of sp³-hybridized carbons (Fsp3) is 0.821. The number of hydrogen-bond acceptors (Lipinski definition) is 4.